The van der Waals surface area contributed by atoms with Gasteiger partial charge in [-0.1, -0.05) is 6.07 Å². The van der Waals surface area contributed by atoms with E-state index in [1.165, 1.54) is 4.90 Å². The number of nitrogens with zero attached hydrogens (tertiary/aromatic N) is 5. The number of guanidine groups is 1. The van der Waals surface area contributed by atoms with Crippen LogP contribution in [0.2, 0.25) is 0 Å². The summed E-state index contributed by atoms with van der Waals surface area (Å²) in [7, 11) is 3.62. The minimum atomic E-state index is -0.130. The minimum Gasteiger partial charge on any atom is -0.349 e. The van der Waals surface area contributed by atoms with Crippen LogP contribution in [0.25, 0.3) is 17.0 Å². The standard InChI is InChI=1S/C18H18N6OS/c1-11-10-26-16(21-11)9-19-18-22-14(17(25)23(18)2)7-12-4-5-15-13(6-12)8-20-24(15)3/h4-8,10H,9H2,1-3H3,(H,19,22)/b14-7-. The van der Waals surface area contributed by atoms with E-state index in [0.717, 1.165) is 27.2 Å². The second kappa shape index (κ2) is 6.38. The Bertz CT molecular complexity index is 1060. The van der Waals surface area contributed by atoms with Crippen LogP contribution in [-0.4, -0.2) is 38.6 Å². The fraction of sp³-hybridized carbons (Fsp3) is 0.222. The largest absolute Gasteiger partial charge is 0.349 e. The summed E-state index contributed by atoms with van der Waals surface area (Å²) in [4.78, 5) is 22.9. The maximum absolute atomic E-state index is 12.5. The van der Waals surface area contributed by atoms with Crippen molar-refractivity contribution in [3.63, 3.8) is 0 Å². The van der Waals surface area contributed by atoms with Gasteiger partial charge in [0, 0.05) is 30.6 Å². The van der Waals surface area contributed by atoms with Crippen LogP contribution in [0.3, 0.4) is 0 Å². The van der Waals surface area contributed by atoms with Gasteiger partial charge in [-0.3, -0.25) is 14.4 Å². The molecule has 0 bridgehead atoms. The first-order valence-corrected chi connectivity index (χ1v) is 9.04. The Morgan fingerprint density at radius 3 is 2.92 bits per heavy atom. The first kappa shape index (κ1) is 16.5. The first-order valence-electron chi connectivity index (χ1n) is 8.16. The van der Waals surface area contributed by atoms with Crippen molar-refractivity contribution in [2.45, 2.75) is 13.5 Å². The molecule has 3 aromatic rings. The molecule has 1 N–H and O–H groups in total. The highest BCUT2D eigenvalue weighted by atomic mass is 32.1. The summed E-state index contributed by atoms with van der Waals surface area (Å²) in [6.45, 7) is 2.51. The average molecular weight is 366 g/mol. The molecule has 1 amide bonds. The molecule has 1 aromatic carbocycles. The second-order valence-corrected chi connectivity index (χ2v) is 7.09. The fourth-order valence-electron chi connectivity index (χ4n) is 2.83. The highest BCUT2D eigenvalue weighted by Gasteiger charge is 2.26. The molecule has 132 valence electrons. The summed E-state index contributed by atoms with van der Waals surface area (Å²) in [5.74, 6) is 0.408. The lowest BCUT2D eigenvalue weighted by molar-refractivity contribution is -0.121. The van der Waals surface area contributed by atoms with Gasteiger partial charge in [-0.25, -0.2) is 9.98 Å². The van der Waals surface area contributed by atoms with E-state index in [-0.39, 0.29) is 5.91 Å². The lowest BCUT2D eigenvalue weighted by atomic mass is 10.1. The van der Waals surface area contributed by atoms with Crippen molar-refractivity contribution in [1.29, 1.82) is 0 Å². The normalized spacial score (nSPS) is 16.0. The lowest BCUT2D eigenvalue weighted by Gasteiger charge is -2.12. The van der Waals surface area contributed by atoms with Crippen molar-refractivity contribution in [1.82, 2.24) is 25.0 Å². The fourth-order valence-corrected chi connectivity index (χ4v) is 3.54. The van der Waals surface area contributed by atoms with Crippen LogP contribution < -0.4 is 5.32 Å². The summed E-state index contributed by atoms with van der Waals surface area (Å²) in [5, 5.41) is 11.4. The molecule has 0 fully saturated rings. The maximum Gasteiger partial charge on any atom is 0.279 e. The Morgan fingerprint density at radius 1 is 1.31 bits per heavy atom. The van der Waals surface area contributed by atoms with Gasteiger partial charge in [0.25, 0.3) is 5.91 Å². The summed E-state index contributed by atoms with van der Waals surface area (Å²) in [5.41, 5.74) is 3.37. The van der Waals surface area contributed by atoms with Crippen LogP contribution in [-0.2, 0) is 18.4 Å². The minimum absolute atomic E-state index is 0.130. The SMILES string of the molecule is Cc1csc(CNC2=N/C(=C\c3ccc4c(cnn4C)c3)C(=O)N2C)n1. The number of amides is 1. The number of carbonyl (C=O) groups excluding carboxylic acids is 1. The van der Waals surface area contributed by atoms with Crippen LogP contribution in [0, 0.1) is 6.92 Å². The van der Waals surface area contributed by atoms with E-state index in [9.17, 15) is 4.79 Å². The Labute approximate surface area is 154 Å². The van der Waals surface area contributed by atoms with Crippen LogP contribution in [0.5, 0.6) is 0 Å². The van der Waals surface area contributed by atoms with Crippen molar-refractivity contribution in [3.8, 4) is 0 Å². The number of aryl methyl sites for hydroxylation is 2. The molecular weight excluding hydrogens is 348 g/mol. The summed E-state index contributed by atoms with van der Waals surface area (Å²) < 4.78 is 1.82. The highest BCUT2D eigenvalue weighted by Crippen LogP contribution is 2.20. The van der Waals surface area contributed by atoms with E-state index in [1.54, 1.807) is 24.5 Å². The Balaban J connectivity index is 1.57. The van der Waals surface area contributed by atoms with Crippen molar-refractivity contribution < 1.29 is 4.79 Å². The van der Waals surface area contributed by atoms with Gasteiger partial charge in [-0.05, 0) is 30.7 Å². The molecule has 3 heterocycles. The van der Waals surface area contributed by atoms with Gasteiger partial charge in [0.2, 0.25) is 5.96 Å². The molecule has 4 rings (SSSR count). The Morgan fingerprint density at radius 2 is 2.15 bits per heavy atom. The van der Waals surface area contributed by atoms with E-state index in [4.69, 9.17) is 0 Å². The maximum atomic E-state index is 12.5. The number of thiazole rings is 1. The number of aromatic nitrogens is 3. The molecule has 0 aliphatic carbocycles. The molecule has 0 unspecified atom stereocenters. The Hall–Kier alpha value is -3.00. The summed E-state index contributed by atoms with van der Waals surface area (Å²) >= 11 is 1.59. The average Bonchev–Trinajstić information content (AvgIpc) is 3.28. The van der Waals surface area contributed by atoms with Crippen molar-refractivity contribution in [3.05, 3.63) is 51.7 Å². The molecule has 0 atom stereocenters. The van der Waals surface area contributed by atoms with Crippen LogP contribution in [0.4, 0.5) is 0 Å². The number of nitrogens with one attached hydrogen (secondary N) is 1. The third-order valence-electron chi connectivity index (χ3n) is 4.21. The summed E-state index contributed by atoms with van der Waals surface area (Å²) in [6.07, 6.45) is 3.61. The van der Waals surface area contributed by atoms with E-state index >= 15 is 0 Å². The molecular formula is C18H18N6OS. The Kier molecular flexibility index (Phi) is 4.04. The third kappa shape index (κ3) is 2.99. The topological polar surface area (TPSA) is 75.4 Å². The van der Waals surface area contributed by atoms with Crippen molar-refractivity contribution in [2.75, 3.05) is 7.05 Å². The number of rotatable bonds is 3. The number of hydrogen-bond donors (Lipinski definition) is 1. The van der Waals surface area contributed by atoms with Gasteiger partial charge in [-0.15, -0.1) is 11.3 Å². The monoisotopic (exact) mass is 366 g/mol. The van der Waals surface area contributed by atoms with Gasteiger partial charge in [0.1, 0.15) is 10.7 Å². The number of aliphatic imine (C=N–C) groups is 1. The number of carbonyl (C=O) groups is 1. The zero-order chi connectivity index (χ0) is 18.3. The van der Waals surface area contributed by atoms with Crippen LogP contribution in [0.15, 0.2) is 40.5 Å². The molecule has 8 heteroatoms. The number of fused-ring (bicyclic) bond motifs is 1. The van der Waals surface area contributed by atoms with E-state index in [0.29, 0.717) is 18.2 Å². The van der Waals surface area contributed by atoms with Crippen LogP contribution >= 0.6 is 11.3 Å². The number of benzene rings is 1. The number of likely N-dealkylation sites (N-methyl/N-ethyl adjacent to an activating group) is 1. The lowest BCUT2D eigenvalue weighted by Crippen LogP contribution is -2.37. The second-order valence-electron chi connectivity index (χ2n) is 6.15. The molecule has 1 aliphatic heterocycles. The quantitative estimate of drug-likeness (QED) is 0.722. The van der Waals surface area contributed by atoms with Gasteiger partial charge < -0.3 is 5.32 Å². The third-order valence-corrected chi connectivity index (χ3v) is 5.17. The molecule has 2 aromatic heterocycles. The molecule has 7 nitrogen and oxygen atoms in total. The molecule has 0 radical (unpaired) electrons. The molecule has 1 aliphatic rings. The van der Waals surface area contributed by atoms with Crippen LogP contribution in [0.1, 0.15) is 16.3 Å². The molecule has 0 spiro atoms. The van der Waals surface area contributed by atoms with E-state index < -0.39 is 0 Å². The molecule has 26 heavy (non-hydrogen) atoms. The number of hydrogen-bond acceptors (Lipinski definition) is 6. The van der Waals surface area contributed by atoms with Crippen molar-refractivity contribution in [2.24, 2.45) is 12.0 Å². The zero-order valence-corrected chi connectivity index (χ0v) is 15.5. The predicted molar refractivity (Wildman–Crippen MR) is 103 cm³/mol. The van der Waals surface area contributed by atoms with Gasteiger partial charge in [0.15, 0.2) is 0 Å². The van der Waals surface area contributed by atoms with Crippen molar-refractivity contribution >= 4 is 40.2 Å². The highest BCUT2D eigenvalue weighted by molar-refractivity contribution is 7.09. The molecule has 0 saturated heterocycles. The van der Waals surface area contributed by atoms with Gasteiger partial charge in [0.05, 0.1) is 18.3 Å². The zero-order valence-electron chi connectivity index (χ0n) is 14.7. The van der Waals surface area contributed by atoms with Gasteiger partial charge in [-0.2, -0.15) is 5.10 Å². The predicted octanol–water partition coefficient (Wildman–Crippen LogP) is 2.30. The molecule has 0 saturated carbocycles. The van der Waals surface area contributed by atoms with Gasteiger partial charge >= 0.3 is 0 Å². The summed E-state index contributed by atoms with van der Waals surface area (Å²) in [6, 6.07) is 5.96. The van der Waals surface area contributed by atoms with E-state index in [2.05, 4.69) is 20.4 Å². The smallest absolute Gasteiger partial charge is 0.279 e. The first-order chi connectivity index (χ1) is 12.5. The van der Waals surface area contributed by atoms with E-state index in [1.807, 2.05) is 48.4 Å².